The number of primary amides is 1. The SMILES string of the molecule is NC(=O)c1c(-c2ccc(Oc3ccccc3)cc2)nn2c1NCC[C@H]2C1CCN(CC2CCN(C(=O)N3CCN(CC4CCN(c5ccc6c(c5)CN(C5CCC(=O)NC5=O)C6=O)CC4)CC3)CC2)CC1. The van der Waals surface area contributed by atoms with Crippen LogP contribution >= 0.6 is 0 Å². The van der Waals surface area contributed by atoms with Gasteiger partial charge in [-0.1, -0.05) is 18.2 Å². The second-order valence-electron chi connectivity index (χ2n) is 20.9. The molecule has 5 saturated heterocycles. The number of urea groups is 1. The Morgan fingerprint density at radius 2 is 1.37 bits per heavy atom. The smallest absolute Gasteiger partial charge is 0.320 e. The molecule has 8 heterocycles. The number of hydrogen-bond acceptors (Lipinski definition) is 11. The second kappa shape index (κ2) is 20.3. The quantitative estimate of drug-likeness (QED) is 0.158. The van der Waals surface area contributed by atoms with Crippen LogP contribution in [-0.4, -0.2) is 155 Å². The zero-order valence-electron chi connectivity index (χ0n) is 40.7. The van der Waals surface area contributed by atoms with E-state index in [-0.39, 0.29) is 36.2 Å². The fourth-order valence-electron chi connectivity index (χ4n) is 12.5. The third kappa shape index (κ3) is 9.95. The second-order valence-corrected chi connectivity index (χ2v) is 20.9. The third-order valence-electron chi connectivity index (χ3n) is 16.5. The maximum atomic E-state index is 13.7. The Kier molecular flexibility index (Phi) is 13.4. The molecule has 4 aromatic rings. The number of piperidine rings is 4. The highest BCUT2D eigenvalue weighted by Crippen LogP contribution is 2.41. The van der Waals surface area contributed by atoms with Gasteiger partial charge in [-0.05, 0) is 142 Å². The van der Waals surface area contributed by atoms with Crippen LogP contribution in [0.4, 0.5) is 16.3 Å². The van der Waals surface area contributed by atoms with Gasteiger partial charge in [-0.25, -0.2) is 9.48 Å². The molecule has 2 atom stereocenters. The molecule has 3 aromatic carbocycles. The van der Waals surface area contributed by atoms with Crippen LogP contribution in [0.15, 0.2) is 72.8 Å². The molecule has 5 fully saturated rings. The van der Waals surface area contributed by atoms with Crippen LogP contribution in [0.25, 0.3) is 11.3 Å². The van der Waals surface area contributed by atoms with Crippen LogP contribution in [0.3, 0.4) is 0 Å². The van der Waals surface area contributed by atoms with E-state index in [0.717, 1.165) is 158 Å². The molecule has 7 aliphatic rings. The maximum Gasteiger partial charge on any atom is 0.320 e. The van der Waals surface area contributed by atoms with Gasteiger partial charge in [0.05, 0.1) is 6.04 Å². The summed E-state index contributed by atoms with van der Waals surface area (Å²) in [6.07, 6.45) is 7.99. The van der Waals surface area contributed by atoms with Crippen LogP contribution in [0, 0.1) is 17.8 Å². The van der Waals surface area contributed by atoms with Gasteiger partial charge in [0.25, 0.3) is 11.8 Å². The lowest BCUT2D eigenvalue weighted by Crippen LogP contribution is -2.55. The Balaban J connectivity index is 0.597. The number of likely N-dealkylation sites (tertiary alicyclic amines) is 2. The molecule has 4 N–H and O–H groups in total. The number of benzene rings is 3. The zero-order valence-corrected chi connectivity index (χ0v) is 40.7. The Labute approximate surface area is 415 Å². The third-order valence-corrected chi connectivity index (χ3v) is 16.5. The number of fused-ring (bicyclic) bond motifs is 2. The minimum absolute atomic E-state index is 0.136. The number of amides is 6. The first kappa shape index (κ1) is 46.9. The molecule has 17 nitrogen and oxygen atoms in total. The summed E-state index contributed by atoms with van der Waals surface area (Å²) in [5.41, 5.74) is 10.6. The molecule has 0 bridgehead atoms. The van der Waals surface area contributed by atoms with Gasteiger partial charge >= 0.3 is 6.03 Å². The van der Waals surface area contributed by atoms with E-state index in [2.05, 4.69) is 45.9 Å². The molecule has 1 unspecified atom stereocenters. The number of anilines is 2. The van der Waals surface area contributed by atoms with Crippen LogP contribution in [-0.2, 0) is 16.1 Å². The van der Waals surface area contributed by atoms with Crippen molar-refractivity contribution >= 4 is 41.2 Å². The predicted octanol–water partition coefficient (Wildman–Crippen LogP) is 5.64. The largest absolute Gasteiger partial charge is 0.457 e. The molecule has 0 aliphatic carbocycles. The lowest BCUT2D eigenvalue weighted by atomic mass is 9.86. The summed E-state index contributed by atoms with van der Waals surface area (Å²) in [6.45, 7) is 12.3. The zero-order chi connectivity index (χ0) is 48.6. The van der Waals surface area contributed by atoms with Gasteiger partial charge in [-0.2, -0.15) is 5.10 Å². The number of carbonyl (C=O) groups excluding carboxylic acids is 5. The molecule has 7 aliphatic heterocycles. The normalized spacial score (nSPS) is 23.1. The van der Waals surface area contributed by atoms with Crippen molar-refractivity contribution in [2.75, 3.05) is 95.3 Å². The molecule has 0 radical (unpaired) electrons. The number of nitrogens with zero attached hydrogens (tertiary/aromatic N) is 8. The highest BCUT2D eigenvalue weighted by Gasteiger charge is 2.40. The number of imide groups is 1. The summed E-state index contributed by atoms with van der Waals surface area (Å²) >= 11 is 0. The molecule has 11 rings (SSSR count). The van der Waals surface area contributed by atoms with E-state index in [0.29, 0.717) is 53.3 Å². The van der Waals surface area contributed by atoms with Crippen molar-refractivity contribution in [1.82, 2.24) is 39.6 Å². The Hall–Kier alpha value is -6.46. The topological polar surface area (TPSA) is 182 Å². The molecule has 17 heteroatoms. The van der Waals surface area contributed by atoms with Crippen molar-refractivity contribution in [3.05, 3.63) is 89.5 Å². The average Bonchev–Trinajstić information content (AvgIpc) is 3.95. The van der Waals surface area contributed by atoms with E-state index in [1.54, 1.807) is 4.90 Å². The summed E-state index contributed by atoms with van der Waals surface area (Å²) in [6, 6.07) is 23.2. The van der Waals surface area contributed by atoms with Crippen molar-refractivity contribution in [2.45, 2.75) is 76.4 Å². The number of nitrogens with two attached hydrogens (primary N) is 1. The van der Waals surface area contributed by atoms with Crippen molar-refractivity contribution < 1.29 is 28.7 Å². The number of aromatic nitrogens is 2. The highest BCUT2D eigenvalue weighted by molar-refractivity contribution is 6.06. The lowest BCUT2D eigenvalue weighted by Gasteiger charge is -2.42. The van der Waals surface area contributed by atoms with Gasteiger partial charge in [-0.15, -0.1) is 0 Å². The van der Waals surface area contributed by atoms with Crippen LogP contribution in [0.5, 0.6) is 11.5 Å². The minimum atomic E-state index is -0.603. The van der Waals surface area contributed by atoms with E-state index < -0.39 is 11.9 Å². The molecule has 6 amide bonds. The first-order chi connectivity index (χ1) is 34.6. The van der Waals surface area contributed by atoms with Crippen LogP contribution in [0.2, 0.25) is 0 Å². The van der Waals surface area contributed by atoms with Gasteiger partial charge in [0.15, 0.2) is 0 Å². The van der Waals surface area contributed by atoms with Gasteiger partial charge in [0, 0.05) is 102 Å². The predicted molar refractivity (Wildman–Crippen MR) is 269 cm³/mol. The molecule has 374 valence electrons. The number of hydrogen-bond donors (Lipinski definition) is 3. The van der Waals surface area contributed by atoms with Crippen molar-refractivity contribution in [1.29, 1.82) is 0 Å². The van der Waals surface area contributed by atoms with E-state index in [1.165, 1.54) is 0 Å². The van der Waals surface area contributed by atoms with Crippen LogP contribution < -0.4 is 26.0 Å². The summed E-state index contributed by atoms with van der Waals surface area (Å²) in [5, 5.41) is 10.9. The van der Waals surface area contributed by atoms with E-state index in [4.69, 9.17) is 15.6 Å². The fourth-order valence-corrected chi connectivity index (χ4v) is 12.5. The van der Waals surface area contributed by atoms with Gasteiger partial charge in [0.1, 0.15) is 34.6 Å². The summed E-state index contributed by atoms with van der Waals surface area (Å²) in [5.74, 6) is 2.56. The summed E-state index contributed by atoms with van der Waals surface area (Å²) in [7, 11) is 0. The molecular formula is C54H67N11O6. The maximum absolute atomic E-state index is 13.7. The van der Waals surface area contributed by atoms with E-state index >= 15 is 0 Å². The number of carbonyl (C=O) groups is 5. The Morgan fingerprint density at radius 1 is 0.704 bits per heavy atom. The Morgan fingerprint density at radius 3 is 2.06 bits per heavy atom. The molecule has 71 heavy (non-hydrogen) atoms. The lowest BCUT2D eigenvalue weighted by molar-refractivity contribution is -0.136. The van der Waals surface area contributed by atoms with Gasteiger partial charge in [-0.3, -0.25) is 29.4 Å². The number of piperazine rings is 1. The molecule has 0 saturated carbocycles. The van der Waals surface area contributed by atoms with Gasteiger partial charge < -0.3 is 40.3 Å². The first-order valence-corrected chi connectivity index (χ1v) is 26.1. The van der Waals surface area contributed by atoms with Crippen molar-refractivity contribution in [2.24, 2.45) is 23.5 Å². The number of rotatable bonds is 11. The number of nitrogens with one attached hydrogen (secondary N) is 2. The Bertz CT molecular complexity index is 2610. The number of para-hydroxylation sites is 1. The molecular weight excluding hydrogens is 899 g/mol. The molecule has 1 aromatic heterocycles. The van der Waals surface area contributed by atoms with Crippen molar-refractivity contribution in [3.63, 3.8) is 0 Å². The minimum Gasteiger partial charge on any atom is -0.457 e. The standard InChI is InChI=1S/C54H67N11O6/c55-50(67)48-49(39-6-9-43(10-7-39)71-42-4-2-1-3-5-42)58-65-45(14-21-56-51(48)65)38-19-22-59(23-20-38)33-37-17-26-62(27-18-37)54(70)63-30-28-60(29-31-63)34-36-15-24-61(25-16-36)41-8-11-44-40(32-41)35-64(53(44)69)46-12-13-47(66)57-52(46)68/h1-11,32,36-38,45-46,56H,12-31,33-35H2,(H2,55,67)(H,57,66,68)/t45-,46?/m0/s1. The van der Waals surface area contributed by atoms with Gasteiger partial charge in [0.2, 0.25) is 11.8 Å². The van der Waals surface area contributed by atoms with E-state index in [1.807, 2.05) is 66.7 Å². The van der Waals surface area contributed by atoms with Crippen LogP contribution in [0.1, 0.15) is 90.1 Å². The van der Waals surface area contributed by atoms with Crippen molar-refractivity contribution in [3.8, 4) is 22.8 Å². The summed E-state index contributed by atoms with van der Waals surface area (Å²) < 4.78 is 8.06. The monoisotopic (exact) mass is 966 g/mol. The fraction of sp³-hybridized carbons (Fsp3) is 0.519. The first-order valence-electron chi connectivity index (χ1n) is 26.1. The highest BCUT2D eigenvalue weighted by atomic mass is 16.5. The average molecular weight is 966 g/mol. The molecule has 0 spiro atoms. The summed E-state index contributed by atoms with van der Waals surface area (Å²) in [4.78, 5) is 77.4. The number of ether oxygens (including phenoxy) is 1. The van der Waals surface area contributed by atoms with E-state index in [9.17, 15) is 24.0 Å².